The lowest BCUT2D eigenvalue weighted by molar-refractivity contribution is 0.0200. The van der Waals surface area contributed by atoms with E-state index < -0.39 is 0 Å². The Morgan fingerprint density at radius 3 is 1.54 bits per heavy atom. The Bertz CT molecular complexity index is 515. The summed E-state index contributed by atoms with van der Waals surface area (Å²) in [7, 11) is 0. The van der Waals surface area contributed by atoms with Crippen molar-refractivity contribution < 1.29 is 0 Å². The van der Waals surface area contributed by atoms with Crippen molar-refractivity contribution in [3.63, 3.8) is 0 Å². The zero-order valence-electron chi connectivity index (χ0n) is 14.7. The molecular formula is C16H28N8. The summed E-state index contributed by atoms with van der Waals surface area (Å²) in [6, 6.07) is 1.21. The molecule has 8 nitrogen and oxygen atoms in total. The molecule has 1 aliphatic heterocycles. The van der Waals surface area contributed by atoms with Crippen molar-refractivity contribution in [2.45, 2.75) is 51.9 Å². The van der Waals surface area contributed by atoms with E-state index in [1.807, 2.05) is 9.36 Å². The Kier molecular flexibility index (Phi) is 5.92. The maximum Gasteiger partial charge on any atom is 0.137 e. The molecule has 0 aliphatic carbocycles. The van der Waals surface area contributed by atoms with Gasteiger partial charge in [0.25, 0.3) is 0 Å². The molecule has 132 valence electrons. The van der Waals surface area contributed by atoms with Crippen LogP contribution in [0.25, 0.3) is 0 Å². The van der Waals surface area contributed by atoms with Crippen LogP contribution in [0.4, 0.5) is 0 Å². The molecule has 0 N–H and O–H groups in total. The van der Waals surface area contributed by atoms with Crippen molar-refractivity contribution in [1.29, 1.82) is 0 Å². The van der Waals surface area contributed by atoms with Gasteiger partial charge in [-0.15, -0.1) is 0 Å². The molecule has 0 saturated carbocycles. The summed E-state index contributed by atoms with van der Waals surface area (Å²) in [6.07, 6.45) is 9.16. The lowest BCUT2D eigenvalue weighted by Crippen LogP contribution is -2.58. The average Bonchev–Trinajstić information content (AvgIpc) is 3.31. The minimum Gasteiger partial charge on any atom is -0.296 e. The number of hydrogen-bond donors (Lipinski definition) is 0. The molecule has 0 amide bonds. The first-order valence-electron chi connectivity index (χ1n) is 8.93. The van der Waals surface area contributed by atoms with Gasteiger partial charge in [0, 0.05) is 38.3 Å². The summed E-state index contributed by atoms with van der Waals surface area (Å²) in [5.74, 6) is 0. The highest BCUT2D eigenvalue weighted by Gasteiger charge is 2.31. The van der Waals surface area contributed by atoms with E-state index in [0.29, 0.717) is 12.1 Å². The van der Waals surface area contributed by atoms with E-state index in [4.69, 9.17) is 0 Å². The maximum absolute atomic E-state index is 4.22. The Morgan fingerprint density at radius 2 is 1.21 bits per heavy atom. The van der Waals surface area contributed by atoms with Gasteiger partial charge >= 0.3 is 0 Å². The molecular weight excluding hydrogens is 304 g/mol. The minimum atomic E-state index is 0.604. The fraction of sp³-hybridized carbons (Fsp3) is 0.750. The Balaban J connectivity index is 1.56. The molecule has 8 heteroatoms. The summed E-state index contributed by atoms with van der Waals surface area (Å²) >= 11 is 0. The third-order valence-corrected chi connectivity index (χ3v) is 5.03. The van der Waals surface area contributed by atoms with Crippen molar-refractivity contribution in [3.05, 3.63) is 25.3 Å². The molecule has 2 atom stereocenters. The van der Waals surface area contributed by atoms with Gasteiger partial charge in [0.1, 0.15) is 25.3 Å². The van der Waals surface area contributed by atoms with E-state index >= 15 is 0 Å². The highest BCUT2D eigenvalue weighted by atomic mass is 15.4. The first-order valence-corrected chi connectivity index (χ1v) is 8.93. The quantitative estimate of drug-likeness (QED) is 0.710. The number of hydrogen-bond acceptors (Lipinski definition) is 6. The molecule has 3 rings (SSSR count). The highest BCUT2D eigenvalue weighted by molar-refractivity contribution is 4.87. The van der Waals surface area contributed by atoms with Gasteiger partial charge in [0.05, 0.1) is 13.1 Å². The van der Waals surface area contributed by atoms with Crippen LogP contribution < -0.4 is 0 Å². The normalized spacial score (nSPS) is 22.9. The van der Waals surface area contributed by atoms with Gasteiger partial charge in [0.2, 0.25) is 0 Å². The molecule has 1 aliphatic rings. The van der Waals surface area contributed by atoms with Gasteiger partial charge in [-0.3, -0.25) is 19.2 Å². The second kappa shape index (κ2) is 8.34. The van der Waals surface area contributed by atoms with Crippen LogP contribution in [0.3, 0.4) is 0 Å². The van der Waals surface area contributed by atoms with Crippen LogP contribution in [-0.2, 0) is 13.1 Å². The number of rotatable bonds is 8. The van der Waals surface area contributed by atoms with E-state index in [1.54, 1.807) is 25.3 Å². The monoisotopic (exact) mass is 332 g/mol. The standard InChI is InChI=1S/C16H28N8/c1-3-15-9-22(6-8-24-14-18-12-20-24)16(4-2)10-21(15)5-7-23-13-17-11-19-23/h11-16H,3-10H2,1-2H3. The third-order valence-electron chi connectivity index (χ3n) is 5.03. The van der Waals surface area contributed by atoms with Crippen LogP contribution in [0, 0.1) is 0 Å². The van der Waals surface area contributed by atoms with E-state index in [1.165, 1.54) is 12.8 Å². The predicted octanol–water partition coefficient (Wildman–Crippen LogP) is 0.745. The topological polar surface area (TPSA) is 67.9 Å². The van der Waals surface area contributed by atoms with E-state index in [9.17, 15) is 0 Å². The van der Waals surface area contributed by atoms with E-state index in [0.717, 1.165) is 39.3 Å². The Morgan fingerprint density at radius 1 is 0.750 bits per heavy atom. The van der Waals surface area contributed by atoms with Crippen LogP contribution >= 0.6 is 0 Å². The Hall–Kier alpha value is -1.80. The van der Waals surface area contributed by atoms with Gasteiger partial charge in [0.15, 0.2) is 0 Å². The average molecular weight is 332 g/mol. The van der Waals surface area contributed by atoms with Crippen molar-refractivity contribution in [2.75, 3.05) is 26.2 Å². The molecule has 24 heavy (non-hydrogen) atoms. The summed E-state index contributed by atoms with van der Waals surface area (Å²) in [5, 5.41) is 8.43. The van der Waals surface area contributed by atoms with Crippen LogP contribution in [0.15, 0.2) is 25.3 Å². The second-order valence-corrected chi connectivity index (χ2v) is 6.43. The molecule has 2 aromatic heterocycles. The van der Waals surface area contributed by atoms with Crippen LogP contribution in [-0.4, -0.2) is 77.6 Å². The summed E-state index contributed by atoms with van der Waals surface area (Å²) < 4.78 is 3.84. The van der Waals surface area contributed by atoms with E-state index in [2.05, 4.69) is 43.8 Å². The lowest BCUT2D eigenvalue weighted by atomic mass is 10.0. The van der Waals surface area contributed by atoms with Crippen LogP contribution in [0.2, 0.25) is 0 Å². The Labute approximate surface area is 143 Å². The molecule has 1 fully saturated rings. The van der Waals surface area contributed by atoms with Crippen LogP contribution in [0.1, 0.15) is 26.7 Å². The molecule has 3 heterocycles. The van der Waals surface area contributed by atoms with Gasteiger partial charge in [-0.2, -0.15) is 10.2 Å². The second-order valence-electron chi connectivity index (χ2n) is 6.43. The fourth-order valence-corrected chi connectivity index (χ4v) is 3.55. The van der Waals surface area contributed by atoms with Gasteiger partial charge in [-0.25, -0.2) is 9.97 Å². The molecule has 1 saturated heterocycles. The molecule has 2 aromatic rings. The van der Waals surface area contributed by atoms with Gasteiger partial charge in [-0.05, 0) is 12.8 Å². The third kappa shape index (κ3) is 4.18. The summed E-state index contributed by atoms with van der Waals surface area (Å²) in [6.45, 7) is 10.7. The highest BCUT2D eigenvalue weighted by Crippen LogP contribution is 2.19. The zero-order chi connectivity index (χ0) is 16.8. The van der Waals surface area contributed by atoms with Crippen molar-refractivity contribution in [1.82, 2.24) is 39.3 Å². The van der Waals surface area contributed by atoms with Crippen molar-refractivity contribution in [2.24, 2.45) is 0 Å². The maximum atomic E-state index is 4.22. The number of aromatic nitrogens is 6. The number of nitrogens with zero attached hydrogens (tertiary/aromatic N) is 8. The lowest BCUT2D eigenvalue weighted by Gasteiger charge is -2.46. The van der Waals surface area contributed by atoms with Gasteiger partial charge in [-0.1, -0.05) is 13.8 Å². The van der Waals surface area contributed by atoms with Crippen molar-refractivity contribution >= 4 is 0 Å². The molecule has 0 aromatic carbocycles. The predicted molar refractivity (Wildman–Crippen MR) is 91.3 cm³/mol. The number of piperazine rings is 1. The first kappa shape index (κ1) is 17.0. The molecule has 2 unspecified atom stereocenters. The van der Waals surface area contributed by atoms with Crippen molar-refractivity contribution in [3.8, 4) is 0 Å². The van der Waals surface area contributed by atoms with Crippen LogP contribution in [0.5, 0.6) is 0 Å². The smallest absolute Gasteiger partial charge is 0.137 e. The molecule has 0 spiro atoms. The largest absolute Gasteiger partial charge is 0.296 e. The van der Waals surface area contributed by atoms with E-state index in [-0.39, 0.29) is 0 Å². The molecule has 0 radical (unpaired) electrons. The van der Waals surface area contributed by atoms with Gasteiger partial charge < -0.3 is 0 Å². The minimum absolute atomic E-state index is 0.604. The summed E-state index contributed by atoms with van der Waals surface area (Å²) in [5.41, 5.74) is 0. The molecule has 0 bridgehead atoms. The SMILES string of the molecule is CCC1CN(CCn2cncn2)C(CC)CN1CCn1cncn1. The zero-order valence-corrected chi connectivity index (χ0v) is 14.7. The fourth-order valence-electron chi connectivity index (χ4n) is 3.55. The first-order chi connectivity index (χ1) is 11.8. The summed E-state index contributed by atoms with van der Waals surface area (Å²) in [4.78, 5) is 13.3.